The van der Waals surface area contributed by atoms with Crippen molar-refractivity contribution in [2.75, 3.05) is 38.2 Å². The Labute approximate surface area is 139 Å². The van der Waals surface area contributed by atoms with Crippen molar-refractivity contribution < 1.29 is 19.6 Å². The van der Waals surface area contributed by atoms with E-state index in [1.165, 1.54) is 12.1 Å². The summed E-state index contributed by atoms with van der Waals surface area (Å²) in [6, 6.07) is 4.41. The van der Waals surface area contributed by atoms with Crippen molar-refractivity contribution in [1.82, 2.24) is 4.90 Å². The number of benzene rings is 1. The van der Waals surface area contributed by atoms with Crippen LogP contribution in [0.1, 0.15) is 29.6 Å². The quantitative estimate of drug-likeness (QED) is 0.622. The minimum atomic E-state index is -0.782. The lowest BCUT2D eigenvalue weighted by Gasteiger charge is -2.36. The van der Waals surface area contributed by atoms with Gasteiger partial charge in [0.25, 0.3) is 11.6 Å². The largest absolute Gasteiger partial charge is 0.388 e. The van der Waals surface area contributed by atoms with E-state index >= 15 is 0 Å². The summed E-state index contributed by atoms with van der Waals surface area (Å²) in [4.78, 5) is 24.9. The predicted octanol–water partition coefficient (Wildman–Crippen LogP) is 1.39. The highest BCUT2D eigenvalue weighted by molar-refractivity contribution is 5.95. The van der Waals surface area contributed by atoms with Crippen LogP contribution < -0.4 is 5.32 Å². The smallest absolute Gasteiger partial charge is 0.293 e. The number of hydrogen-bond donors (Lipinski definition) is 2. The van der Waals surface area contributed by atoms with Crippen LogP contribution in [-0.4, -0.2) is 59.3 Å². The Kier molecular flexibility index (Phi) is 4.68. The first-order chi connectivity index (χ1) is 11.5. The van der Waals surface area contributed by atoms with E-state index in [0.717, 1.165) is 6.42 Å². The van der Waals surface area contributed by atoms with Crippen LogP contribution in [-0.2, 0) is 4.74 Å². The average Bonchev–Trinajstić information content (AvgIpc) is 2.58. The van der Waals surface area contributed by atoms with E-state index in [-0.39, 0.29) is 23.7 Å². The fourth-order valence-electron chi connectivity index (χ4n) is 2.94. The highest BCUT2D eigenvalue weighted by Gasteiger charge is 2.34. The molecule has 2 N–H and O–H groups in total. The van der Waals surface area contributed by atoms with Gasteiger partial charge >= 0.3 is 0 Å². The van der Waals surface area contributed by atoms with Crippen molar-refractivity contribution in [2.24, 2.45) is 0 Å². The molecule has 8 nitrogen and oxygen atoms in total. The van der Waals surface area contributed by atoms with Crippen LogP contribution in [0.5, 0.6) is 0 Å². The van der Waals surface area contributed by atoms with E-state index in [2.05, 4.69) is 5.32 Å². The maximum atomic E-state index is 12.4. The van der Waals surface area contributed by atoms with Crippen LogP contribution in [0.3, 0.4) is 0 Å². The Morgan fingerprint density at radius 2 is 2.08 bits per heavy atom. The van der Waals surface area contributed by atoms with Crippen LogP contribution in [0.15, 0.2) is 18.2 Å². The zero-order valence-electron chi connectivity index (χ0n) is 13.4. The summed E-state index contributed by atoms with van der Waals surface area (Å²) in [7, 11) is 0. The number of carbonyl (C=O) groups excluding carboxylic acids is 1. The Morgan fingerprint density at radius 3 is 2.67 bits per heavy atom. The number of nitrogens with one attached hydrogen (secondary N) is 1. The Bertz CT molecular complexity index is 639. The third kappa shape index (κ3) is 3.49. The summed E-state index contributed by atoms with van der Waals surface area (Å²) < 4.78 is 5.21. The Hall–Kier alpha value is -2.19. The Morgan fingerprint density at radius 1 is 1.38 bits per heavy atom. The van der Waals surface area contributed by atoms with E-state index in [1.807, 2.05) is 0 Å². The highest BCUT2D eigenvalue weighted by atomic mass is 16.6. The summed E-state index contributed by atoms with van der Waals surface area (Å²) in [5.74, 6) is -0.231. The topological polar surface area (TPSA) is 105 Å². The average molecular weight is 335 g/mol. The third-order valence-corrected chi connectivity index (χ3v) is 4.63. The second kappa shape index (κ2) is 6.74. The molecule has 0 bridgehead atoms. The van der Waals surface area contributed by atoms with Gasteiger partial charge in [-0.05, 0) is 31.4 Å². The predicted molar refractivity (Wildman–Crippen MR) is 87.1 cm³/mol. The summed E-state index contributed by atoms with van der Waals surface area (Å²) in [6.07, 6.45) is 2.36. The number of carbonyl (C=O) groups is 1. The zero-order valence-corrected chi connectivity index (χ0v) is 13.4. The molecule has 0 spiro atoms. The Balaban J connectivity index is 1.76. The number of ether oxygens (including phenoxy) is 1. The van der Waals surface area contributed by atoms with Crippen LogP contribution in [0, 0.1) is 10.1 Å². The van der Waals surface area contributed by atoms with Gasteiger partial charge < -0.3 is 20.1 Å². The molecule has 3 rings (SSSR count). The monoisotopic (exact) mass is 335 g/mol. The molecule has 1 aromatic carbocycles. The minimum Gasteiger partial charge on any atom is -0.388 e. The maximum absolute atomic E-state index is 12.4. The normalized spacial score (nSPS) is 19.5. The summed E-state index contributed by atoms with van der Waals surface area (Å²) in [5.41, 5.74) is -0.330. The summed E-state index contributed by atoms with van der Waals surface area (Å²) >= 11 is 0. The number of aliphatic hydroxyl groups is 1. The number of amides is 1. The molecule has 0 aromatic heterocycles. The van der Waals surface area contributed by atoms with Gasteiger partial charge in [-0.2, -0.15) is 0 Å². The number of hydrogen-bond acceptors (Lipinski definition) is 6. The van der Waals surface area contributed by atoms with Gasteiger partial charge in [-0.3, -0.25) is 14.9 Å². The molecule has 1 aromatic rings. The van der Waals surface area contributed by atoms with E-state index in [4.69, 9.17) is 4.74 Å². The van der Waals surface area contributed by atoms with Crippen molar-refractivity contribution in [1.29, 1.82) is 0 Å². The molecule has 0 radical (unpaired) electrons. The molecule has 0 unspecified atom stereocenters. The van der Waals surface area contributed by atoms with Gasteiger partial charge in [-0.15, -0.1) is 0 Å². The molecule has 1 saturated carbocycles. The van der Waals surface area contributed by atoms with Crippen LogP contribution in [0.4, 0.5) is 11.4 Å². The molecular formula is C16H21N3O5. The minimum absolute atomic E-state index is 0.156. The maximum Gasteiger partial charge on any atom is 0.293 e. The van der Waals surface area contributed by atoms with Gasteiger partial charge in [0.05, 0.1) is 23.7 Å². The first-order valence-corrected chi connectivity index (χ1v) is 8.10. The number of nitrogens with zero attached hydrogens (tertiary/aromatic N) is 2. The number of nitro groups is 1. The molecule has 8 heteroatoms. The van der Waals surface area contributed by atoms with Crippen molar-refractivity contribution in [3.05, 3.63) is 33.9 Å². The zero-order chi connectivity index (χ0) is 17.2. The van der Waals surface area contributed by atoms with Gasteiger partial charge in [0.1, 0.15) is 5.69 Å². The molecule has 2 fully saturated rings. The van der Waals surface area contributed by atoms with Crippen molar-refractivity contribution in [3.8, 4) is 0 Å². The molecule has 2 aliphatic rings. The van der Waals surface area contributed by atoms with E-state index in [9.17, 15) is 20.0 Å². The first-order valence-electron chi connectivity index (χ1n) is 8.10. The number of morpholine rings is 1. The summed E-state index contributed by atoms with van der Waals surface area (Å²) in [6.45, 7) is 2.20. The highest BCUT2D eigenvalue weighted by Crippen LogP contribution is 2.33. The van der Waals surface area contributed by atoms with Crippen molar-refractivity contribution >= 4 is 17.3 Å². The van der Waals surface area contributed by atoms with E-state index in [0.29, 0.717) is 44.8 Å². The molecule has 1 amide bonds. The SMILES string of the molecule is O=C(c1ccc(NCC2(O)CCC2)c([N+](=O)[O-])c1)N1CCOCC1. The fraction of sp³-hybridized carbons (Fsp3) is 0.562. The second-order valence-corrected chi connectivity index (χ2v) is 6.33. The second-order valence-electron chi connectivity index (χ2n) is 6.33. The summed E-state index contributed by atoms with van der Waals surface area (Å²) in [5, 5.41) is 24.4. The fourth-order valence-corrected chi connectivity index (χ4v) is 2.94. The third-order valence-electron chi connectivity index (χ3n) is 4.63. The lowest BCUT2D eigenvalue weighted by molar-refractivity contribution is -0.384. The van der Waals surface area contributed by atoms with Crippen molar-refractivity contribution in [3.63, 3.8) is 0 Å². The van der Waals surface area contributed by atoms with Gasteiger partial charge in [-0.25, -0.2) is 0 Å². The van der Waals surface area contributed by atoms with E-state index in [1.54, 1.807) is 11.0 Å². The number of anilines is 1. The number of nitro benzene ring substituents is 1. The van der Waals surface area contributed by atoms with Gasteiger partial charge in [0.15, 0.2) is 0 Å². The first kappa shape index (κ1) is 16.7. The number of rotatable bonds is 5. The molecule has 1 saturated heterocycles. The molecule has 24 heavy (non-hydrogen) atoms. The van der Waals surface area contributed by atoms with Crippen LogP contribution >= 0.6 is 0 Å². The molecule has 1 aliphatic heterocycles. The lowest BCUT2D eigenvalue weighted by atomic mass is 9.80. The molecule has 130 valence electrons. The van der Waals surface area contributed by atoms with Gasteiger partial charge in [0.2, 0.25) is 0 Å². The van der Waals surface area contributed by atoms with Gasteiger partial charge in [0, 0.05) is 31.3 Å². The molecule has 1 heterocycles. The lowest BCUT2D eigenvalue weighted by Crippen LogP contribution is -2.43. The van der Waals surface area contributed by atoms with Gasteiger partial charge in [-0.1, -0.05) is 0 Å². The standard InChI is InChI=1S/C16H21N3O5/c20-15(18-6-8-24-9-7-18)12-2-3-13(14(10-12)19(22)23)17-11-16(21)4-1-5-16/h2-3,10,17,21H,1,4-9,11H2. The van der Waals surface area contributed by atoms with Crippen LogP contribution in [0.2, 0.25) is 0 Å². The molecule has 1 aliphatic carbocycles. The van der Waals surface area contributed by atoms with E-state index < -0.39 is 10.5 Å². The molecule has 0 atom stereocenters. The molecular weight excluding hydrogens is 314 g/mol. The van der Waals surface area contributed by atoms with Crippen molar-refractivity contribution in [2.45, 2.75) is 24.9 Å². The van der Waals surface area contributed by atoms with Crippen LogP contribution in [0.25, 0.3) is 0 Å².